The molecule has 0 aliphatic carbocycles. The van der Waals surface area contributed by atoms with Crippen LogP contribution in [-0.4, -0.2) is 65.7 Å². The third-order valence-corrected chi connectivity index (χ3v) is 5.15. The average molecular weight is 437 g/mol. The number of methoxy groups -OCH3 is 2. The molecule has 32 heavy (non-hydrogen) atoms. The van der Waals surface area contributed by atoms with Crippen LogP contribution in [0.1, 0.15) is 33.2 Å². The van der Waals surface area contributed by atoms with E-state index in [-0.39, 0.29) is 17.6 Å². The summed E-state index contributed by atoms with van der Waals surface area (Å²) in [5.74, 6) is 0.711. The fraction of sp³-hybridized carbons (Fsp3) is 0.318. The van der Waals surface area contributed by atoms with Crippen LogP contribution in [0.5, 0.6) is 11.5 Å². The van der Waals surface area contributed by atoms with Crippen LogP contribution in [0.15, 0.2) is 41.1 Å². The van der Waals surface area contributed by atoms with Crippen LogP contribution in [0.3, 0.4) is 0 Å². The first-order valence-corrected chi connectivity index (χ1v) is 10.2. The van der Waals surface area contributed by atoms with Gasteiger partial charge in [0.15, 0.2) is 11.5 Å². The van der Waals surface area contributed by atoms with Gasteiger partial charge in [0.1, 0.15) is 5.69 Å². The Morgan fingerprint density at radius 3 is 2.59 bits per heavy atom. The van der Waals surface area contributed by atoms with E-state index in [4.69, 9.17) is 14.0 Å². The maximum absolute atomic E-state index is 12.3. The Kier molecular flexibility index (Phi) is 6.29. The Bertz CT molecular complexity index is 1110. The van der Waals surface area contributed by atoms with E-state index in [0.29, 0.717) is 35.7 Å². The average Bonchev–Trinajstić information content (AvgIpc) is 3.28. The first-order valence-electron chi connectivity index (χ1n) is 10.2. The number of rotatable bonds is 8. The lowest BCUT2D eigenvalue weighted by molar-refractivity contribution is 0.0645. The quantitative estimate of drug-likeness (QED) is 0.568. The van der Waals surface area contributed by atoms with Gasteiger partial charge >= 0.3 is 11.8 Å². The van der Waals surface area contributed by atoms with Crippen molar-refractivity contribution in [2.75, 3.05) is 33.9 Å². The van der Waals surface area contributed by atoms with E-state index < -0.39 is 5.91 Å². The van der Waals surface area contributed by atoms with E-state index in [1.165, 1.54) is 7.11 Å². The van der Waals surface area contributed by atoms with Gasteiger partial charge in [-0.1, -0.05) is 11.2 Å². The minimum atomic E-state index is -0.471. The lowest BCUT2D eigenvalue weighted by atomic mass is 10.1. The molecule has 3 heterocycles. The molecule has 10 heteroatoms. The van der Waals surface area contributed by atoms with Crippen LogP contribution in [0.4, 0.5) is 0 Å². The number of pyridine rings is 1. The van der Waals surface area contributed by atoms with Crippen LogP contribution in [0, 0.1) is 0 Å². The number of amides is 2. The maximum Gasteiger partial charge on any atom is 0.316 e. The minimum absolute atomic E-state index is 0.0437. The van der Waals surface area contributed by atoms with Gasteiger partial charge in [-0.2, -0.15) is 4.98 Å². The van der Waals surface area contributed by atoms with Crippen molar-refractivity contribution in [3.63, 3.8) is 0 Å². The number of hydrogen-bond donors (Lipinski definition) is 1. The van der Waals surface area contributed by atoms with Crippen molar-refractivity contribution in [3.8, 4) is 22.9 Å². The molecule has 4 rings (SSSR count). The van der Waals surface area contributed by atoms with Crippen LogP contribution in [-0.2, 0) is 6.42 Å². The summed E-state index contributed by atoms with van der Waals surface area (Å²) in [7, 11) is 3.08. The summed E-state index contributed by atoms with van der Waals surface area (Å²) in [4.78, 5) is 34.6. The zero-order valence-electron chi connectivity index (χ0n) is 17.8. The predicted octanol–water partition coefficient (Wildman–Crippen LogP) is 1.97. The molecule has 0 unspecified atom stereocenters. The molecule has 166 valence electrons. The van der Waals surface area contributed by atoms with E-state index >= 15 is 0 Å². The number of nitrogens with zero attached hydrogens (tertiary/aromatic N) is 4. The highest BCUT2D eigenvalue weighted by Gasteiger charge is 2.22. The Morgan fingerprint density at radius 1 is 1.12 bits per heavy atom. The van der Waals surface area contributed by atoms with Crippen molar-refractivity contribution < 1.29 is 23.6 Å². The Hall–Kier alpha value is -3.95. The fourth-order valence-corrected chi connectivity index (χ4v) is 3.18. The summed E-state index contributed by atoms with van der Waals surface area (Å²) in [6, 6.07) is 8.73. The van der Waals surface area contributed by atoms with Gasteiger partial charge in [0.05, 0.1) is 14.2 Å². The zero-order valence-corrected chi connectivity index (χ0v) is 17.8. The second-order valence-electron chi connectivity index (χ2n) is 7.20. The Morgan fingerprint density at radius 2 is 1.94 bits per heavy atom. The number of benzene rings is 1. The Labute approximate surface area is 184 Å². The first-order chi connectivity index (χ1) is 15.6. The van der Waals surface area contributed by atoms with Crippen molar-refractivity contribution in [1.82, 2.24) is 25.3 Å². The van der Waals surface area contributed by atoms with Gasteiger partial charge in [0.25, 0.3) is 5.91 Å². The third-order valence-electron chi connectivity index (χ3n) is 5.15. The molecule has 1 aliphatic rings. The van der Waals surface area contributed by atoms with Crippen molar-refractivity contribution in [2.45, 2.75) is 12.8 Å². The second-order valence-corrected chi connectivity index (χ2v) is 7.20. The lowest BCUT2D eigenvalue weighted by Gasteiger charge is -2.30. The normalized spacial score (nSPS) is 12.8. The third kappa shape index (κ3) is 4.53. The standard InChI is InChI=1S/C22H23N5O5/c1-30-17-7-5-15(12-18(17)31-2)19-25-21(32-26-19)20(28)23-9-8-14-4-6-16(24-13-14)22(29)27-10-3-11-27/h4-7,12-13H,3,8-11H2,1-2H3,(H,23,28). The van der Waals surface area contributed by atoms with Gasteiger partial charge in [-0.15, -0.1) is 0 Å². The largest absolute Gasteiger partial charge is 0.493 e. The molecule has 3 aromatic rings. The van der Waals surface area contributed by atoms with Crippen molar-refractivity contribution in [3.05, 3.63) is 53.7 Å². The molecule has 0 atom stereocenters. The summed E-state index contributed by atoms with van der Waals surface area (Å²) in [6.45, 7) is 1.93. The summed E-state index contributed by atoms with van der Waals surface area (Å²) in [5, 5.41) is 6.61. The van der Waals surface area contributed by atoms with Crippen LogP contribution in [0.2, 0.25) is 0 Å². The molecular weight excluding hydrogens is 414 g/mol. The number of carbonyl (C=O) groups is 2. The lowest BCUT2D eigenvalue weighted by Crippen LogP contribution is -2.42. The van der Waals surface area contributed by atoms with E-state index in [0.717, 1.165) is 25.1 Å². The van der Waals surface area contributed by atoms with Gasteiger partial charge in [0.2, 0.25) is 5.82 Å². The fourth-order valence-electron chi connectivity index (χ4n) is 3.18. The smallest absolute Gasteiger partial charge is 0.316 e. The van der Waals surface area contributed by atoms with Gasteiger partial charge in [-0.25, -0.2) is 0 Å². The number of aromatic nitrogens is 3. The summed E-state index contributed by atoms with van der Waals surface area (Å²) in [6.07, 6.45) is 3.24. The number of nitrogens with one attached hydrogen (secondary N) is 1. The summed E-state index contributed by atoms with van der Waals surface area (Å²) >= 11 is 0. The maximum atomic E-state index is 12.3. The van der Waals surface area contributed by atoms with E-state index in [1.54, 1.807) is 42.5 Å². The monoisotopic (exact) mass is 437 g/mol. The van der Waals surface area contributed by atoms with Crippen LogP contribution >= 0.6 is 0 Å². The SMILES string of the molecule is COc1ccc(-c2noc(C(=O)NCCc3ccc(C(=O)N4CCC4)nc3)n2)cc1OC. The van der Waals surface area contributed by atoms with Crippen molar-refractivity contribution in [2.24, 2.45) is 0 Å². The number of ether oxygens (including phenoxy) is 2. The van der Waals surface area contributed by atoms with Gasteiger partial charge in [0, 0.05) is 31.4 Å². The highest BCUT2D eigenvalue weighted by Crippen LogP contribution is 2.31. The first kappa shape index (κ1) is 21.3. The van der Waals surface area contributed by atoms with E-state index in [1.807, 2.05) is 6.07 Å². The van der Waals surface area contributed by atoms with E-state index in [2.05, 4.69) is 20.4 Å². The van der Waals surface area contributed by atoms with Gasteiger partial charge in [-0.05, 0) is 42.7 Å². The van der Waals surface area contributed by atoms with E-state index in [9.17, 15) is 9.59 Å². The molecule has 0 radical (unpaired) electrons. The molecule has 1 aromatic carbocycles. The molecule has 1 saturated heterocycles. The highest BCUT2D eigenvalue weighted by atomic mass is 16.5. The summed E-state index contributed by atoms with van der Waals surface area (Å²) < 4.78 is 15.6. The second kappa shape index (κ2) is 9.46. The molecule has 10 nitrogen and oxygen atoms in total. The van der Waals surface area contributed by atoms with Crippen molar-refractivity contribution >= 4 is 11.8 Å². The van der Waals surface area contributed by atoms with Crippen molar-refractivity contribution in [1.29, 1.82) is 0 Å². The molecule has 2 amide bonds. The zero-order chi connectivity index (χ0) is 22.5. The van der Waals surface area contributed by atoms with Gasteiger partial charge < -0.3 is 24.2 Å². The molecular formula is C22H23N5O5. The summed E-state index contributed by atoms with van der Waals surface area (Å²) in [5.41, 5.74) is 1.97. The number of likely N-dealkylation sites (tertiary alicyclic amines) is 1. The van der Waals surface area contributed by atoms with Crippen LogP contribution in [0.25, 0.3) is 11.4 Å². The predicted molar refractivity (Wildman–Crippen MR) is 114 cm³/mol. The molecule has 0 spiro atoms. The molecule has 1 N–H and O–H groups in total. The molecule has 1 fully saturated rings. The molecule has 1 aliphatic heterocycles. The number of carbonyl (C=O) groups excluding carboxylic acids is 2. The highest BCUT2D eigenvalue weighted by molar-refractivity contribution is 5.92. The van der Waals surface area contributed by atoms with Crippen LogP contribution < -0.4 is 14.8 Å². The molecule has 0 bridgehead atoms. The minimum Gasteiger partial charge on any atom is -0.493 e. The molecule has 2 aromatic heterocycles. The molecule has 0 saturated carbocycles. The Balaban J connectivity index is 1.31. The number of hydrogen-bond acceptors (Lipinski definition) is 8. The van der Waals surface area contributed by atoms with Gasteiger partial charge in [-0.3, -0.25) is 14.6 Å². The topological polar surface area (TPSA) is 120 Å².